The van der Waals surface area contributed by atoms with Gasteiger partial charge in [-0.2, -0.15) is 0 Å². The summed E-state index contributed by atoms with van der Waals surface area (Å²) in [6.07, 6.45) is 7.96. The SMILES string of the molecule is CC1(C)CCCCC1OP(C)(=O)OP(C)(=O)OC1CCCCC1(C)C. The molecule has 2 aliphatic rings. The summed E-state index contributed by atoms with van der Waals surface area (Å²) in [4.78, 5) is 0. The highest BCUT2D eigenvalue weighted by atomic mass is 31.3. The van der Waals surface area contributed by atoms with Gasteiger partial charge in [-0.15, -0.1) is 0 Å². The normalized spacial score (nSPS) is 34.0. The highest BCUT2D eigenvalue weighted by Gasteiger charge is 2.42. The maximum absolute atomic E-state index is 12.9. The lowest BCUT2D eigenvalue weighted by atomic mass is 9.75. The zero-order valence-corrected chi connectivity index (χ0v) is 18.5. The molecule has 0 radical (unpaired) electrons. The molecule has 0 aromatic rings. The molecule has 4 atom stereocenters. The summed E-state index contributed by atoms with van der Waals surface area (Å²) in [6.45, 7) is 11.4. The predicted octanol–water partition coefficient (Wildman–Crippen LogP) is 6.62. The molecule has 0 aromatic carbocycles. The van der Waals surface area contributed by atoms with Crippen molar-refractivity contribution in [1.82, 2.24) is 0 Å². The molecule has 0 heterocycles. The molecule has 5 nitrogen and oxygen atoms in total. The Hall–Kier alpha value is 0.340. The van der Waals surface area contributed by atoms with E-state index in [-0.39, 0.29) is 23.0 Å². The van der Waals surface area contributed by atoms with Gasteiger partial charge < -0.3 is 9.05 Å². The number of rotatable bonds is 6. The molecule has 2 fully saturated rings. The monoisotopic (exact) mass is 394 g/mol. The summed E-state index contributed by atoms with van der Waals surface area (Å²) < 4.78 is 43.0. The highest BCUT2D eigenvalue weighted by molar-refractivity contribution is 7.66. The van der Waals surface area contributed by atoms with Gasteiger partial charge in [0, 0.05) is 13.3 Å². The van der Waals surface area contributed by atoms with Gasteiger partial charge in [-0.05, 0) is 36.5 Å². The van der Waals surface area contributed by atoms with Crippen LogP contribution in [0, 0.1) is 10.8 Å². The van der Waals surface area contributed by atoms with Gasteiger partial charge in [-0.1, -0.05) is 53.4 Å². The first-order valence-electron chi connectivity index (χ1n) is 9.56. The van der Waals surface area contributed by atoms with E-state index in [4.69, 9.17) is 13.4 Å². The van der Waals surface area contributed by atoms with Crippen LogP contribution in [0.2, 0.25) is 0 Å². The minimum Gasteiger partial charge on any atom is -0.305 e. The highest BCUT2D eigenvalue weighted by Crippen LogP contribution is 2.64. The maximum Gasteiger partial charge on any atom is 0.335 e. The van der Waals surface area contributed by atoms with Crippen LogP contribution >= 0.6 is 15.2 Å². The van der Waals surface area contributed by atoms with Crippen LogP contribution in [0.25, 0.3) is 0 Å². The zero-order chi connectivity index (χ0) is 18.9. The van der Waals surface area contributed by atoms with Crippen LogP contribution in [0.5, 0.6) is 0 Å². The maximum atomic E-state index is 12.9. The van der Waals surface area contributed by atoms with E-state index in [0.717, 1.165) is 51.4 Å². The van der Waals surface area contributed by atoms with E-state index in [2.05, 4.69) is 27.7 Å². The smallest absolute Gasteiger partial charge is 0.305 e. The third kappa shape index (κ3) is 6.18. The van der Waals surface area contributed by atoms with E-state index in [1.807, 2.05) is 0 Å². The van der Waals surface area contributed by atoms with Crippen molar-refractivity contribution in [3.05, 3.63) is 0 Å². The molecular weight excluding hydrogens is 358 g/mol. The third-order valence-corrected chi connectivity index (χ3v) is 9.40. The molecule has 0 aromatic heterocycles. The molecule has 0 bridgehead atoms. The summed E-state index contributed by atoms with van der Waals surface area (Å²) >= 11 is 0. The molecule has 7 heteroatoms. The van der Waals surface area contributed by atoms with Gasteiger partial charge >= 0.3 is 15.2 Å². The van der Waals surface area contributed by atoms with E-state index in [1.54, 1.807) is 0 Å². The van der Waals surface area contributed by atoms with Crippen LogP contribution in [0.3, 0.4) is 0 Å². The average Bonchev–Trinajstić information content (AvgIpc) is 2.42. The lowest BCUT2D eigenvalue weighted by Crippen LogP contribution is -2.35. The largest absolute Gasteiger partial charge is 0.335 e. The third-order valence-electron chi connectivity index (χ3n) is 5.75. The molecular formula is C18H36O5P2. The fourth-order valence-electron chi connectivity index (χ4n) is 4.09. The zero-order valence-electron chi connectivity index (χ0n) is 16.7. The Balaban J connectivity index is 2.00. The fraction of sp³-hybridized carbons (Fsp3) is 1.00. The summed E-state index contributed by atoms with van der Waals surface area (Å²) in [5, 5.41) is 0. The molecule has 0 amide bonds. The second-order valence-electron chi connectivity index (χ2n) is 9.28. The predicted molar refractivity (Wildman–Crippen MR) is 102 cm³/mol. The van der Waals surface area contributed by atoms with E-state index in [9.17, 15) is 9.13 Å². The Kier molecular flexibility index (Phi) is 6.72. The molecule has 2 saturated carbocycles. The Labute approximate surface area is 153 Å². The second-order valence-corrected chi connectivity index (χ2v) is 13.4. The molecule has 2 aliphatic carbocycles. The lowest BCUT2D eigenvalue weighted by Gasteiger charge is -2.41. The van der Waals surface area contributed by atoms with Crippen LogP contribution in [0.15, 0.2) is 0 Å². The van der Waals surface area contributed by atoms with Gasteiger partial charge in [0.05, 0.1) is 12.2 Å². The van der Waals surface area contributed by atoms with Crippen LogP contribution in [-0.2, 0) is 22.5 Å². The molecule has 4 unspecified atom stereocenters. The Bertz CT molecular complexity index is 510. The summed E-state index contributed by atoms with van der Waals surface area (Å²) in [6, 6.07) is 0. The standard InChI is InChI=1S/C18H36O5P2/c1-17(2)13-9-7-11-15(17)21-24(5,19)23-25(6,20)22-16-12-8-10-14-18(16,3)4/h15-16H,7-14H2,1-6H3. The molecule has 0 aliphatic heterocycles. The first kappa shape index (κ1) is 21.6. The second kappa shape index (κ2) is 7.76. The van der Waals surface area contributed by atoms with Crippen LogP contribution < -0.4 is 0 Å². The van der Waals surface area contributed by atoms with Crippen molar-refractivity contribution in [3.8, 4) is 0 Å². The molecule has 0 spiro atoms. The van der Waals surface area contributed by atoms with E-state index < -0.39 is 15.2 Å². The average molecular weight is 394 g/mol. The fourth-order valence-corrected chi connectivity index (χ4v) is 8.25. The molecule has 148 valence electrons. The van der Waals surface area contributed by atoms with Crippen molar-refractivity contribution in [3.63, 3.8) is 0 Å². The summed E-state index contributed by atoms with van der Waals surface area (Å²) in [5.41, 5.74) is -0.0888. The molecule has 2 rings (SSSR count). The van der Waals surface area contributed by atoms with Crippen LogP contribution in [-0.4, -0.2) is 25.5 Å². The van der Waals surface area contributed by atoms with Crippen molar-refractivity contribution >= 4 is 15.2 Å². The van der Waals surface area contributed by atoms with E-state index in [0.29, 0.717) is 0 Å². The Morgan fingerprint density at radius 2 is 1.08 bits per heavy atom. The van der Waals surface area contributed by atoms with Crippen molar-refractivity contribution in [2.45, 2.75) is 91.3 Å². The van der Waals surface area contributed by atoms with Gasteiger partial charge in [0.1, 0.15) is 0 Å². The van der Waals surface area contributed by atoms with Crippen molar-refractivity contribution in [2.75, 3.05) is 13.3 Å². The number of hydrogen-bond acceptors (Lipinski definition) is 5. The first-order chi connectivity index (χ1) is 11.3. The van der Waals surface area contributed by atoms with Crippen LogP contribution in [0.4, 0.5) is 0 Å². The topological polar surface area (TPSA) is 61.8 Å². The molecule has 0 N–H and O–H groups in total. The van der Waals surface area contributed by atoms with E-state index >= 15 is 0 Å². The van der Waals surface area contributed by atoms with Crippen molar-refractivity contribution in [1.29, 1.82) is 0 Å². The summed E-state index contributed by atoms with van der Waals surface area (Å²) in [5.74, 6) is 0. The minimum absolute atomic E-state index is 0.0444. The Morgan fingerprint density at radius 1 is 0.720 bits per heavy atom. The van der Waals surface area contributed by atoms with Gasteiger partial charge in [-0.3, -0.25) is 9.13 Å². The van der Waals surface area contributed by atoms with Crippen molar-refractivity contribution in [2.24, 2.45) is 10.8 Å². The van der Waals surface area contributed by atoms with Gasteiger partial charge in [0.2, 0.25) is 0 Å². The van der Waals surface area contributed by atoms with Gasteiger partial charge in [0.15, 0.2) is 0 Å². The minimum atomic E-state index is -3.46. The molecule has 0 saturated heterocycles. The lowest BCUT2D eigenvalue weighted by molar-refractivity contribution is 0.0161. The quantitative estimate of drug-likeness (QED) is 0.474. The first-order valence-corrected chi connectivity index (χ1v) is 13.5. The van der Waals surface area contributed by atoms with Gasteiger partial charge in [0.25, 0.3) is 0 Å². The van der Waals surface area contributed by atoms with Gasteiger partial charge in [-0.25, -0.2) is 4.31 Å². The summed E-state index contributed by atoms with van der Waals surface area (Å²) in [7, 11) is -6.92. The Morgan fingerprint density at radius 3 is 1.40 bits per heavy atom. The number of hydrogen-bond donors (Lipinski definition) is 0. The van der Waals surface area contributed by atoms with Crippen molar-refractivity contribution < 1.29 is 22.5 Å². The molecule has 25 heavy (non-hydrogen) atoms. The van der Waals surface area contributed by atoms with Crippen LogP contribution in [0.1, 0.15) is 79.1 Å². The van der Waals surface area contributed by atoms with E-state index in [1.165, 1.54) is 13.3 Å².